The minimum Gasteiger partial charge on any atom is -0.481 e. The zero-order chi connectivity index (χ0) is 11.9. The number of benzene rings is 1. The highest BCUT2D eigenvalue weighted by molar-refractivity contribution is 6.05. The van der Waals surface area contributed by atoms with Gasteiger partial charge in [0, 0.05) is 5.69 Å². The number of aliphatic carboxylic acids is 1. The van der Waals surface area contributed by atoms with Crippen LogP contribution in [-0.2, 0) is 9.59 Å². The number of aryl methyl sites for hydroxylation is 2. The normalized spacial score (nSPS) is 18.1. The Morgan fingerprint density at radius 2 is 2.00 bits per heavy atom. The Morgan fingerprint density at radius 3 is 2.62 bits per heavy atom. The lowest BCUT2D eigenvalue weighted by molar-refractivity contribution is -0.138. The summed E-state index contributed by atoms with van der Waals surface area (Å²) in [6, 6.07) is 3.85. The molecule has 0 saturated carbocycles. The molecule has 1 aromatic rings. The van der Waals surface area contributed by atoms with Gasteiger partial charge in [-0.1, -0.05) is 12.1 Å². The molecule has 1 aliphatic rings. The number of nitrogens with one attached hydrogen (secondary N) is 1. The zero-order valence-corrected chi connectivity index (χ0v) is 9.20. The second-order valence-electron chi connectivity index (χ2n) is 4.13. The molecule has 0 fully saturated rings. The lowest BCUT2D eigenvalue weighted by atomic mass is 9.92. The number of hydrogen-bond donors (Lipinski definition) is 2. The van der Waals surface area contributed by atoms with Crippen molar-refractivity contribution in [2.45, 2.75) is 26.2 Å². The zero-order valence-electron chi connectivity index (χ0n) is 9.20. The molecule has 0 saturated heterocycles. The first kappa shape index (κ1) is 10.7. The molecule has 1 atom stereocenters. The standard InChI is InChI=1S/C12H13NO3/c1-6-3-4-7(2)11-10(6)8(5-9(14)15)12(16)13-11/h3-4,8H,5H2,1-2H3,(H,13,16)(H,14,15)/t8-/m0/s1. The Bertz CT molecular complexity index is 479. The molecule has 0 unspecified atom stereocenters. The van der Waals surface area contributed by atoms with Crippen LogP contribution in [0.2, 0.25) is 0 Å². The first-order chi connectivity index (χ1) is 7.50. The summed E-state index contributed by atoms with van der Waals surface area (Å²) in [5.41, 5.74) is 3.57. The molecule has 84 valence electrons. The van der Waals surface area contributed by atoms with E-state index in [1.807, 2.05) is 26.0 Å². The van der Waals surface area contributed by atoms with Crippen molar-refractivity contribution in [3.8, 4) is 0 Å². The predicted molar refractivity (Wildman–Crippen MR) is 59.5 cm³/mol. The Labute approximate surface area is 93.3 Å². The van der Waals surface area contributed by atoms with E-state index in [4.69, 9.17) is 5.11 Å². The fourth-order valence-electron chi connectivity index (χ4n) is 2.16. The van der Waals surface area contributed by atoms with Crippen molar-refractivity contribution in [3.05, 3.63) is 28.8 Å². The highest BCUT2D eigenvalue weighted by Crippen LogP contribution is 2.38. The van der Waals surface area contributed by atoms with Crippen LogP contribution >= 0.6 is 0 Å². The van der Waals surface area contributed by atoms with Crippen molar-refractivity contribution in [3.63, 3.8) is 0 Å². The smallest absolute Gasteiger partial charge is 0.304 e. The largest absolute Gasteiger partial charge is 0.481 e. The third kappa shape index (κ3) is 1.56. The number of hydrogen-bond acceptors (Lipinski definition) is 2. The minimum absolute atomic E-state index is 0.150. The third-order valence-electron chi connectivity index (χ3n) is 2.96. The number of amides is 1. The average molecular weight is 219 g/mol. The second kappa shape index (κ2) is 3.63. The fraction of sp³-hybridized carbons (Fsp3) is 0.333. The van der Waals surface area contributed by atoms with E-state index in [0.29, 0.717) is 0 Å². The van der Waals surface area contributed by atoms with Crippen LogP contribution in [0, 0.1) is 13.8 Å². The van der Waals surface area contributed by atoms with Gasteiger partial charge >= 0.3 is 5.97 Å². The van der Waals surface area contributed by atoms with E-state index in [1.54, 1.807) is 0 Å². The van der Waals surface area contributed by atoms with Crippen molar-refractivity contribution in [2.24, 2.45) is 0 Å². The van der Waals surface area contributed by atoms with E-state index in [9.17, 15) is 9.59 Å². The van der Waals surface area contributed by atoms with Crippen LogP contribution in [0.3, 0.4) is 0 Å². The Kier molecular flexibility index (Phi) is 2.42. The molecule has 1 aromatic carbocycles. The SMILES string of the molecule is Cc1ccc(C)c2c1NC(=O)[C@H]2CC(=O)O. The predicted octanol–water partition coefficient (Wildman–Crippen LogP) is 1.81. The Morgan fingerprint density at radius 1 is 1.38 bits per heavy atom. The fourth-order valence-corrected chi connectivity index (χ4v) is 2.16. The van der Waals surface area contributed by atoms with Crippen molar-refractivity contribution >= 4 is 17.6 Å². The van der Waals surface area contributed by atoms with E-state index in [-0.39, 0.29) is 12.3 Å². The van der Waals surface area contributed by atoms with Crippen molar-refractivity contribution in [2.75, 3.05) is 5.32 Å². The molecule has 16 heavy (non-hydrogen) atoms. The van der Waals surface area contributed by atoms with Crippen molar-refractivity contribution in [1.29, 1.82) is 0 Å². The van der Waals surface area contributed by atoms with Crippen LogP contribution in [0.5, 0.6) is 0 Å². The average Bonchev–Trinajstić information content (AvgIpc) is 2.51. The summed E-state index contributed by atoms with van der Waals surface area (Å²) in [6.45, 7) is 3.80. The summed E-state index contributed by atoms with van der Waals surface area (Å²) in [7, 11) is 0. The summed E-state index contributed by atoms with van der Waals surface area (Å²) in [6.07, 6.45) is -0.150. The minimum atomic E-state index is -0.950. The van der Waals surface area contributed by atoms with Crippen molar-refractivity contribution in [1.82, 2.24) is 0 Å². The molecule has 2 rings (SSSR count). The molecule has 4 heteroatoms. The number of carboxylic acid groups (broad SMARTS) is 1. The van der Waals surface area contributed by atoms with Gasteiger partial charge in [-0.05, 0) is 30.5 Å². The van der Waals surface area contributed by atoms with Crippen LogP contribution in [0.25, 0.3) is 0 Å². The number of anilines is 1. The molecule has 1 aliphatic heterocycles. The molecule has 0 radical (unpaired) electrons. The van der Waals surface area contributed by atoms with Gasteiger partial charge < -0.3 is 10.4 Å². The molecular weight excluding hydrogens is 206 g/mol. The van der Waals surface area contributed by atoms with Crippen LogP contribution in [-0.4, -0.2) is 17.0 Å². The summed E-state index contributed by atoms with van der Waals surface area (Å²) in [5, 5.41) is 11.6. The molecule has 4 nitrogen and oxygen atoms in total. The summed E-state index contributed by atoms with van der Waals surface area (Å²) in [5.74, 6) is -1.71. The van der Waals surface area contributed by atoms with Crippen LogP contribution < -0.4 is 5.32 Å². The topological polar surface area (TPSA) is 66.4 Å². The van der Waals surface area contributed by atoms with Gasteiger partial charge in [-0.25, -0.2) is 0 Å². The van der Waals surface area contributed by atoms with Gasteiger partial charge in [0.2, 0.25) is 5.91 Å². The van der Waals surface area contributed by atoms with Gasteiger partial charge in [-0.15, -0.1) is 0 Å². The maximum Gasteiger partial charge on any atom is 0.304 e. The summed E-state index contributed by atoms with van der Waals surface area (Å²) in [4.78, 5) is 22.4. The lowest BCUT2D eigenvalue weighted by Crippen LogP contribution is -2.15. The molecule has 0 aromatic heterocycles. The monoisotopic (exact) mass is 219 g/mol. The van der Waals surface area contributed by atoms with Gasteiger partial charge in [0.1, 0.15) is 0 Å². The number of carbonyl (C=O) groups is 2. The van der Waals surface area contributed by atoms with Crippen LogP contribution in [0.15, 0.2) is 12.1 Å². The van der Waals surface area contributed by atoms with E-state index in [1.165, 1.54) is 0 Å². The highest BCUT2D eigenvalue weighted by Gasteiger charge is 2.34. The maximum atomic E-state index is 11.7. The quantitative estimate of drug-likeness (QED) is 0.797. The number of rotatable bonds is 2. The maximum absolute atomic E-state index is 11.7. The van der Waals surface area contributed by atoms with Gasteiger partial charge in [0.05, 0.1) is 12.3 Å². The van der Waals surface area contributed by atoms with E-state index >= 15 is 0 Å². The second-order valence-corrected chi connectivity index (χ2v) is 4.13. The Hall–Kier alpha value is -1.84. The molecule has 2 N–H and O–H groups in total. The first-order valence-electron chi connectivity index (χ1n) is 5.13. The van der Waals surface area contributed by atoms with Gasteiger partial charge in [0.25, 0.3) is 0 Å². The van der Waals surface area contributed by atoms with E-state index in [2.05, 4.69) is 5.32 Å². The van der Waals surface area contributed by atoms with Gasteiger partial charge in [0.15, 0.2) is 0 Å². The van der Waals surface area contributed by atoms with Crippen LogP contribution in [0.1, 0.15) is 29.0 Å². The first-order valence-corrected chi connectivity index (χ1v) is 5.13. The summed E-state index contributed by atoms with van der Waals surface area (Å²) < 4.78 is 0. The number of carbonyl (C=O) groups excluding carboxylic acids is 1. The molecule has 1 amide bonds. The molecular formula is C12H13NO3. The van der Waals surface area contributed by atoms with Gasteiger partial charge in [-0.3, -0.25) is 9.59 Å². The third-order valence-corrected chi connectivity index (χ3v) is 2.96. The molecule has 1 heterocycles. The molecule has 0 aliphatic carbocycles. The van der Waals surface area contributed by atoms with Crippen molar-refractivity contribution < 1.29 is 14.7 Å². The number of fused-ring (bicyclic) bond motifs is 1. The van der Waals surface area contributed by atoms with E-state index < -0.39 is 11.9 Å². The lowest BCUT2D eigenvalue weighted by Gasteiger charge is -2.09. The molecule has 0 bridgehead atoms. The summed E-state index contributed by atoms with van der Waals surface area (Å²) >= 11 is 0. The van der Waals surface area contributed by atoms with Gasteiger partial charge in [-0.2, -0.15) is 0 Å². The van der Waals surface area contributed by atoms with Crippen LogP contribution in [0.4, 0.5) is 5.69 Å². The number of carboxylic acids is 1. The van der Waals surface area contributed by atoms with E-state index in [0.717, 1.165) is 22.4 Å². The molecule has 0 spiro atoms. The highest BCUT2D eigenvalue weighted by atomic mass is 16.4. The Balaban J connectivity index is 2.51.